The van der Waals surface area contributed by atoms with Gasteiger partial charge in [0, 0.05) is 11.6 Å². The van der Waals surface area contributed by atoms with Crippen LogP contribution < -0.4 is 0 Å². The average Bonchev–Trinajstić information content (AvgIpc) is 2.80. The highest BCUT2D eigenvalue weighted by molar-refractivity contribution is 5.84. The maximum atomic E-state index is 4.37. The standard InChI is InChI=1S/C13H15N3/c1-2-4-10(5-3-1)8-12-11-6-7-14-13(11)16-9-15-12/h6-9H,1-5H2,(H,14,15,16). The fraction of sp³-hybridized carbons (Fsp3) is 0.385. The molecule has 0 aliphatic heterocycles. The Bertz CT molecular complexity index is 517. The Balaban J connectivity index is 2.01. The highest BCUT2D eigenvalue weighted by Gasteiger charge is 2.07. The minimum atomic E-state index is 0.928. The topological polar surface area (TPSA) is 41.6 Å². The predicted molar refractivity (Wildman–Crippen MR) is 65.0 cm³/mol. The summed E-state index contributed by atoms with van der Waals surface area (Å²) in [5, 5.41) is 1.13. The molecule has 2 aromatic rings. The second kappa shape index (κ2) is 4.08. The van der Waals surface area contributed by atoms with Crippen LogP contribution in [0.25, 0.3) is 17.1 Å². The van der Waals surface area contributed by atoms with Crippen molar-refractivity contribution in [3.05, 3.63) is 29.9 Å². The monoisotopic (exact) mass is 213 g/mol. The van der Waals surface area contributed by atoms with Crippen molar-refractivity contribution < 1.29 is 0 Å². The van der Waals surface area contributed by atoms with Crippen molar-refractivity contribution in [2.24, 2.45) is 0 Å². The molecule has 3 rings (SSSR count). The third-order valence-electron chi connectivity index (χ3n) is 3.22. The first-order valence-electron chi connectivity index (χ1n) is 5.91. The summed E-state index contributed by atoms with van der Waals surface area (Å²) in [5.74, 6) is 0. The highest BCUT2D eigenvalue weighted by atomic mass is 14.9. The van der Waals surface area contributed by atoms with E-state index in [0.29, 0.717) is 0 Å². The number of H-pyrrole nitrogens is 1. The lowest BCUT2D eigenvalue weighted by atomic mass is 9.94. The number of aromatic nitrogens is 3. The van der Waals surface area contributed by atoms with Gasteiger partial charge in [-0.05, 0) is 37.8 Å². The van der Waals surface area contributed by atoms with Gasteiger partial charge in [-0.15, -0.1) is 0 Å². The molecule has 0 saturated heterocycles. The Labute approximate surface area is 94.6 Å². The zero-order valence-electron chi connectivity index (χ0n) is 9.24. The molecule has 1 N–H and O–H groups in total. The Morgan fingerprint density at radius 2 is 2.00 bits per heavy atom. The lowest BCUT2D eigenvalue weighted by Crippen LogP contribution is -1.94. The number of nitrogens with one attached hydrogen (secondary N) is 1. The predicted octanol–water partition coefficient (Wildman–Crippen LogP) is 3.31. The van der Waals surface area contributed by atoms with Gasteiger partial charge in [0.1, 0.15) is 12.0 Å². The first-order chi connectivity index (χ1) is 7.93. The maximum absolute atomic E-state index is 4.37. The fourth-order valence-corrected chi connectivity index (χ4v) is 2.35. The van der Waals surface area contributed by atoms with E-state index in [2.05, 4.69) is 21.0 Å². The van der Waals surface area contributed by atoms with E-state index in [1.807, 2.05) is 12.3 Å². The van der Waals surface area contributed by atoms with Crippen LogP contribution >= 0.6 is 0 Å². The molecule has 0 aromatic carbocycles. The van der Waals surface area contributed by atoms with Gasteiger partial charge in [0.25, 0.3) is 0 Å². The van der Waals surface area contributed by atoms with Crippen molar-refractivity contribution in [3.63, 3.8) is 0 Å². The summed E-state index contributed by atoms with van der Waals surface area (Å²) in [7, 11) is 0. The summed E-state index contributed by atoms with van der Waals surface area (Å²) in [6, 6.07) is 2.05. The lowest BCUT2D eigenvalue weighted by molar-refractivity contribution is 0.602. The summed E-state index contributed by atoms with van der Waals surface area (Å²) in [4.78, 5) is 11.7. The molecule has 1 saturated carbocycles. The van der Waals surface area contributed by atoms with Crippen molar-refractivity contribution in [2.75, 3.05) is 0 Å². The van der Waals surface area contributed by atoms with Crippen LogP contribution in [0.1, 0.15) is 37.8 Å². The summed E-state index contributed by atoms with van der Waals surface area (Å²) < 4.78 is 0. The number of nitrogens with zero attached hydrogens (tertiary/aromatic N) is 2. The number of fused-ring (bicyclic) bond motifs is 1. The SMILES string of the molecule is C(=C1CCCCC1)c1ncnc2[nH]ccc12. The molecular weight excluding hydrogens is 198 g/mol. The van der Waals surface area contributed by atoms with E-state index in [9.17, 15) is 0 Å². The van der Waals surface area contributed by atoms with Gasteiger partial charge in [-0.1, -0.05) is 12.0 Å². The van der Waals surface area contributed by atoms with Crippen LogP contribution in [0.15, 0.2) is 24.2 Å². The van der Waals surface area contributed by atoms with Gasteiger partial charge in [0.05, 0.1) is 5.69 Å². The van der Waals surface area contributed by atoms with E-state index in [0.717, 1.165) is 16.7 Å². The number of rotatable bonds is 1. The minimum absolute atomic E-state index is 0.928. The molecule has 0 unspecified atom stereocenters. The van der Waals surface area contributed by atoms with Gasteiger partial charge in [-0.25, -0.2) is 9.97 Å². The van der Waals surface area contributed by atoms with Gasteiger partial charge in [-0.2, -0.15) is 0 Å². The summed E-state index contributed by atoms with van der Waals surface area (Å²) in [6.07, 6.45) is 12.3. The molecule has 0 spiro atoms. The highest BCUT2D eigenvalue weighted by Crippen LogP contribution is 2.26. The van der Waals surface area contributed by atoms with Gasteiger partial charge in [-0.3, -0.25) is 0 Å². The molecule has 2 aromatic heterocycles. The Morgan fingerprint density at radius 1 is 1.12 bits per heavy atom. The van der Waals surface area contributed by atoms with E-state index in [4.69, 9.17) is 0 Å². The van der Waals surface area contributed by atoms with Gasteiger partial charge < -0.3 is 4.98 Å². The fourth-order valence-electron chi connectivity index (χ4n) is 2.35. The van der Waals surface area contributed by atoms with E-state index in [-0.39, 0.29) is 0 Å². The second-order valence-electron chi connectivity index (χ2n) is 4.36. The van der Waals surface area contributed by atoms with Gasteiger partial charge in [0.15, 0.2) is 0 Å². The summed E-state index contributed by atoms with van der Waals surface area (Å²) in [5.41, 5.74) is 3.52. The van der Waals surface area contributed by atoms with Crippen LogP contribution in [0.5, 0.6) is 0 Å². The number of hydrogen-bond acceptors (Lipinski definition) is 2. The molecule has 16 heavy (non-hydrogen) atoms. The van der Waals surface area contributed by atoms with Crippen LogP contribution in [0.2, 0.25) is 0 Å². The van der Waals surface area contributed by atoms with Crippen molar-refractivity contribution >= 4 is 17.1 Å². The summed E-state index contributed by atoms with van der Waals surface area (Å²) in [6.45, 7) is 0. The molecule has 1 aliphatic rings. The molecular formula is C13H15N3. The number of aromatic amines is 1. The normalized spacial score (nSPS) is 16.6. The molecule has 0 radical (unpaired) electrons. The lowest BCUT2D eigenvalue weighted by Gasteiger charge is -2.13. The molecule has 0 bridgehead atoms. The van der Waals surface area contributed by atoms with Crippen LogP contribution in [0.4, 0.5) is 0 Å². The van der Waals surface area contributed by atoms with Gasteiger partial charge in [0.2, 0.25) is 0 Å². The first kappa shape index (κ1) is 9.58. The van der Waals surface area contributed by atoms with Crippen LogP contribution in [0.3, 0.4) is 0 Å². The largest absolute Gasteiger partial charge is 0.346 e. The zero-order chi connectivity index (χ0) is 10.8. The Hall–Kier alpha value is -1.64. The molecule has 3 heteroatoms. The average molecular weight is 213 g/mol. The smallest absolute Gasteiger partial charge is 0.141 e. The van der Waals surface area contributed by atoms with Gasteiger partial charge >= 0.3 is 0 Å². The minimum Gasteiger partial charge on any atom is -0.346 e. The zero-order valence-corrected chi connectivity index (χ0v) is 9.24. The summed E-state index contributed by atoms with van der Waals surface area (Å²) >= 11 is 0. The number of hydrogen-bond donors (Lipinski definition) is 1. The maximum Gasteiger partial charge on any atom is 0.141 e. The van der Waals surface area contributed by atoms with Crippen molar-refractivity contribution in [3.8, 4) is 0 Å². The van der Waals surface area contributed by atoms with E-state index >= 15 is 0 Å². The Morgan fingerprint density at radius 3 is 2.88 bits per heavy atom. The second-order valence-corrected chi connectivity index (χ2v) is 4.36. The molecule has 1 aliphatic carbocycles. The molecule has 82 valence electrons. The molecule has 1 fully saturated rings. The van der Waals surface area contributed by atoms with Crippen molar-refractivity contribution in [2.45, 2.75) is 32.1 Å². The molecule has 0 atom stereocenters. The third kappa shape index (κ3) is 1.73. The van der Waals surface area contributed by atoms with Crippen LogP contribution in [0, 0.1) is 0 Å². The molecule has 3 nitrogen and oxygen atoms in total. The van der Waals surface area contributed by atoms with E-state index < -0.39 is 0 Å². The third-order valence-corrected chi connectivity index (χ3v) is 3.22. The van der Waals surface area contributed by atoms with Crippen LogP contribution in [-0.2, 0) is 0 Å². The van der Waals surface area contributed by atoms with Crippen molar-refractivity contribution in [1.29, 1.82) is 0 Å². The molecule has 2 heterocycles. The van der Waals surface area contributed by atoms with Crippen LogP contribution in [-0.4, -0.2) is 15.0 Å². The quantitative estimate of drug-likeness (QED) is 0.789. The Kier molecular flexibility index (Phi) is 2.44. The first-order valence-corrected chi connectivity index (χ1v) is 5.91. The number of allylic oxidation sites excluding steroid dienone is 1. The van der Waals surface area contributed by atoms with E-state index in [1.165, 1.54) is 37.7 Å². The molecule has 0 amide bonds. The van der Waals surface area contributed by atoms with E-state index in [1.54, 1.807) is 6.33 Å². The van der Waals surface area contributed by atoms with Crippen molar-refractivity contribution in [1.82, 2.24) is 15.0 Å².